The van der Waals surface area contributed by atoms with Crippen LogP contribution in [0.15, 0.2) is 48.4 Å². The highest BCUT2D eigenvalue weighted by molar-refractivity contribution is 6.05. The number of allylic oxidation sites excluding steroid dienone is 3. The van der Waals surface area contributed by atoms with Crippen LogP contribution in [0.25, 0.3) is 17.3 Å². The maximum Gasteiger partial charge on any atom is 0.115 e. The molecule has 6 heteroatoms. The average Bonchev–Trinajstić information content (AvgIpc) is 3.35. The van der Waals surface area contributed by atoms with Crippen molar-refractivity contribution in [1.82, 2.24) is 15.1 Å². The molecule has 0 atom stereocenters. The van der Waals surface area contributed by atoms with Crippen molar-refractivity contribution < 1.29 is 0 Å². The first kappa shape index (κ1) is 19.1. The molecule has 0 spiro atoms. The Morgan fingerprint density at radius 3 is 2.83 bits per heavy atom. The lowest BCUT2D eigenvalue weighted by molar-refractivity contribution is 0.429. The summed E-state index contributed by atoms with van der Waals surface area (Å²) in [5.74, 6) is 0.735. The van der Waals surface area contributed by atoms with Crippen molar-refractivity contribution in [2.24, 2.45) is 11.7 Å². The van der Waals surface area contributed by atoms with Crippen molar-refractivity contribution in [1.29, 1.82) is 5.41 Å². The van der Waals surface area contributed by atoms with Gasteiger partial charge in [0.1, 0.15) is 5.84 Å². The number of hydrogen-bond donors (Lipinski definition) is 4. The number of dihydropyridines is 1. The lowest BCUT2D eigenvalue weighted by Crippen LogP contribution is -2.25. The average molecular weight is 389 g/mol. The fraction of sp³-hybridized carbons (Fsp3) is 0.304. The number of hydrogen-bond acceptors (Lipinski definition) is 4. The van der Waals surface area contributed by atoms with E-state index in [2.05, 4.69) is 33.4 Å². The highest BCUT2D eigenvalue weighted by Crippen LogP contribution is 2.28. The molecule has 0 radical (unpaired) electrons. The Hall–Kier alpha value is -3.28. The van der Waals surface area contributed by atoms with Gasteiger partial charge in [-0.2, -0.15) is 5.10 Å². The number of nitrogens with two attached hydrogens (primary N) is 2. The van der Waals surface area contributed by atoms with Crippen LogP contribution in [0, 0.1) is 11.3 Å². The summed E-state index contributed by atoms with van der Waals surface area (Å²) in [5, 5.41) is 17.3. The van der Waals surface area contributed by atoms with Crippen LogP contribution in [0.3, 0.4) is 0 Å². The number of aromatic nitrogens is 2. The molecule has 29 heavy (non-hydrogen) atoms. The van der Waals surface area contributed by atoms with E-state index in [0.717, 1.165) is 45.4 Å². The molecule has 1 fully saturated rings. The number of amidine groups is 1. The fourth-order valence-corrected chi connectivity index (χ4v) is 4.16. The van der Waals surface area contributed by atoms with E-state index in [0.29, 0.717) is 5.69 Å². The maximum absolute atomic E-state index is 7.45. The predicted octanol–water partition coefficient (Wildman–Crippen LogP) is 2.07. The van der Waals surface area contributed by atoms with Gasteiger partial charge in [-0.1, -0.05) is 31.1 Å². The van der Waals surface area contributed by atoms with Crippen LogP contribution in [-0.4, -0.2) is 15.6 Å². The molecule has 2 heterocycles. The quantitative estimate of drug-likeness (QED) is 0.365. The molecule has 4 rings (SSSR count). The third kappa shape index (κ3) is 4.26. The SMILES string of the molecule is CC1=CC=C(c2cnn(CC3CCCC3)c2)C(=c2ccc(=CC(=N)N)c(N)c2)N1. The van der Waals surface area contributed by atoms with Crippen LogP contribution >= 0.6 is 0 Å². The van der Waals surface area contributed by atoms with Gasteiger partial charge in [-0.05, 0) is 43.9 Å². The van der Waals surface area contributed by atoms with Gasteiger partial charge in [0.25, 0.3) is 0 Å². The number of nitrogens with zero attached hydrogens (tertiary/aromatic N) is 2. The van der Waals surface area contributed by atoms with Crippen molar-refractivity contribution in [3.05, 3.63) is 64.4 Å². The Morgan fingerprint density at radius 2 is 2.10 bits per heavy atom. The van der Waals surface area contributed by atoms with Crippen molar-refractivity contribution in [3.8, 4) is 0 Å². The van der Waals surface area contributed by atoms with Crippen LogP contribution in [-0.2, 0) is 6.54 Å². The summed E-state index contributed by atoms with van der Waals surface area (Å²) in [5.41, 5.74) is 16.5. The molecule has 1 aromatic carbocycles. The van der Waals surface area contributed by atoms with Crippen molar-refractivity contribution in [2.75, 3.05) is 5.73 Å². The molecule has 6 N–H and O–H groups in total. The van der Waals surface area contributed by atoms with Gasteiger partial charge < -0.3 is 16.8 Å². The number of anilines is 1. The fourth-order valence-electron chi connectivity index (χ4n) is 4.16. The topological polar surface area (TPSA) is 106 Å². The molecule has 150 valence electrons. The first-order valence-electron chi connectivity index (χ1n) is 10.1. The van der Waals surface area contributed by atoms with E-state index in [1.54, 1.807) is 6.08 Å². The smallest absolute Gasteiger partial charge is 0.115 e. The van der Waals surface area contributed by atoms with Crippen LogP contribution < -0.4 is 27.2 Å². The summed E-state index contributed by atoms with van der Waals surface area (Å²) in [7, 11) is 0. The van der Waals surface area contributed by atoms with E-state index in [-0.39, 0.29) is 5.84 Å². The standard InChI is InChI=1S/C23H28N6/c1-15-6-9-20(19-12-27-29(14-19)13-16-4-2-3-5-16)23(28-15)18-8-7-17(11-22(25)26)21(24)10-18/h6-12,14,16,28H,2-5,13,24H2,1H3,(H3,25,26). The number of rotatable bonds is 4. The van der Waals surface area contributed by atoms with Crippen LogP contribution in [0.5, 0.6) is 0 Å². The first-order chi connectivity index (χ1) is 14.0. The highest BCUT2D eigenvalue weighted by atomic mass is 15.3. The minimum absolute atomic E-state index is 0.0121. The Balaban J connectivity index is 1.72. The number of nitrogens with one attached hydrogen (secondary N) is 2. The third-order valence-electron chi connectivity index (χ3n) is 5.64. The summed E-state index contributed by atoms with van der Waals surface area (Å²) < 4.78 is 2.08. The zero-order chi connectivity index (χ0) is 20.4. The van der Waals surface area contributed by atoms with Gasteiger partial charge in [-0.3, -0.25) is 10.1 Å². The van der Waals surface area contributed by atoms with Crippen LogP contribution in [0.4, 0.5) is 5.69 Å². The third-order valence-corrected chi connectivity index (χ3v) is 5.64. The molecule has 0 bridgehead atoms. The molecule has 1 aliphatic carbocycles. The maximum atomic E-state index is 7.45. The van der Waals surface area contributed by atoms with Gasteiger partial charge in [0.05, 0.1) is 11.9 Å². The minimum atomic E-state index is -0.0121. The van der Waals surface area contributed by atoms with Gasteiger partial charge in [0.2, 0.25) is 0 Å². The number of benzene rings is 1. The lowest BCUT2D eigenvalue weighted by Gasteiger charge is -2.18. The zero-order valence-corrected chi connectivity index (χ0v) is 16.8. The highest BCUT2D eigenvalue weighted by Gasteiger charge is 2.18. The van der Waals surface area contributed by atoms with E-state index in [1.807, 2.05) is 31.3 Å². The van der Waals surface area contributed by atoms with Crippen LogP contribution in [0.2, 0.25) is 0 Å². The summed E-state index contributed by atoms with van der Waals surface area (Å²) in [6.07, 6.45) is 15.1. The Labute approximate surface area is 170 Å². The normalized spacial score (nSPS) is 19.7. The second kappa shape index (κ2) is 7.99. The van der Waals surface area contributed by atoms with Crippen LogP contribution in [0.1, 0.15) is 38.2 Å². The zero-order valence-electron chi connectivity index (χ0n) is 16.8. The van der Waals surface area contributed by atoms with E-state index in [9.17, 15) is 0 Å². The van der Waals surface area contributed by atoms with Crippen molar-refractivity contribution in [2.45, 2.75) is 39.2 Å². The summed E-state index contributed by atoms with van der Waals surface area (Å²) in [4.78, 5) is 0. The van der Waals surface area contributed by atoms with E-state index in [1.165, 1.54) is 25.7 Å². The van der Waals surface area contributed by atoms with Gasteiger partial charge in [-0.25, -0.2) is 0 Å². The molecule has 2 aliphatic rings. The Kier molecular flexibility index (Phi) is 5.25. The van der Waals surface area contributed by atoms with E-state index >= 15 is 0 Å². The van der Waals surface area contributed by atoms with E-state index in [4.69, 9.17) is 16.9 Å². The van der Waals surface area contributed by atoms with Crippen molar-refractivity contribution in [3.63, 3.8) is 0 Å². The largest absolute Gasteiger partial charge is 0.398 e. The molecular formula is C23H28N6. The Morgan fingerprint density at radius 1 is 1.31 bits per heavy atom. The Bertz CT molecular complexity index is 1110. The molecule has 1 aliphatic heterocycles. The molecule has 0 saturated heterocycles. The second-order valence-corrected chi connectivity index (χ2v) is 7.97. The molecular weight excluding hydrogens is 360 g/mol. The number of nitrogen functional groups attached to an aromatic ring is 1. The van der Waals surface area contributed by atoms with Crippen molar-refractivity contribution >= 4 is 28.9 Å². The molecule has 1 saturated carbocycles. The monoisotopic (exact) mass is 388 g/mol. The van der Waals surface area contributed by atoms with Gasteiger partial charge >= 0.3 is 0 Å². The van der Waals surface area contributed by atoms with Gasteiger partial charge in [0, 0.05) is 45.7 Å². The van der Waals surface area contributed by atoms with Gasteiger partial charge in [0.15, 0.2) is 0 Å². The minimum Gasteiger partial charge on any atom is -0.398 e. The predicted molar refractivity (Wildman–Crippen MR) is 119 cm³/mol. The first-order valence-corrected chi connectivity index (χ1v) is 10.1. The lowest BCUT2D eigenvalue weighted by atomic mass is 10.00. The van der Waals surface area contributed by atoms with Gasteiger partial charge in [-0.15, -0.1) is 0 Å². The van der Waals surface area contributed by atoms with E-state index < -0.39 is 0 Å². The summed E-state index contributed by atoms with van der Waals surface area (Å²) in [6, 6.07) is 5.82. The summed E-state index contributed by atoms with van der Waals surface area (Å²) in [6.45, 7) is 3.03. The summed E-state index contributed by atoms with van der Waals surface area (Å²) >= 11 is 0. The molecule has 2 aromatic rings. The molecule has 6 nitrogen and oxygen atoms in total. The molecule has 1 aromatic heterocycles. The molecule has 0 amide bonds. The molecule has 0 unspecified atom stereocenters. The second-order valence-electron chi connectivity index (χ2n) is 7.97.